The molecule has 0 atom stereocenters. The first kappa shape index (κ1) is 24.3. The number of benzene rings is 1. The smallest absolute Gasteiger partial charge is 0.410 e. The number of aromatic nitrogens is 2. The van der Waals surface area contributed by atoms with E-state index in [1.54, 1.807) is 15.8 Å². The standard InChI is InChI=1S/C22H28ClN5O5S/c1-21(2,3)33-20(30)27-12-22(13-27)8-18(9-22)28-11-14(10-24-28)19(29)25-16-5-15(23)6-17(7-16)26-34(4,31)32/h5-7,10-11,18,26H,8-9,12-13H2,1-4H3,(H,25,29). The molecule has 0 bridgehead atoms. The summed E-state index contributed by atoms with van der Waals surface area (Å²) in [7, 11) is -3.48. The second-order valence-electron chi connectivity index (χ2n) is 10.2. The van der Waals surface area contributed by atoms with Crippen molar-refractivity contribution in [2.75, 3.05) is 29.4 Å². The maximum absolute atomic E-state index is 12.7. The number of amides is 2. The van der Waals surface area contributed by atoms with Gasteiger partial charge in [-0.1, -0.05) is 11.6 Å². The van der Waals surface area contributed by atoms with Crippen LogP contribution in [0.25, 0.3) is 0 Å². The number of nitrogens with one attached hydrogen (secondary N) is 2. The van der Waals surface area contributed by atoms with Crippen molar-refractivity contribution in [2.45, 2.75) is 45.3 Å². The third-order valence-corrected chi connectivity index (χ3v) is 6.56. The van der Waals surface area contributed by atoms with Gasteiger partial charge in [0.15, 0.2) is 0 Å². The summed E-state index contributed by atoms with van der Waals surface area (Å²) in [5.41, 5.74) is 0.574. The number of carbonyl (C=O) groups excluding carboxylic acids is 2. The summed E-state index contributed by atoms with van der Waals surface area (Å²) in [5.74, 6) is -0.382. The molecule has 2 fully saturated rings. The van der Waals surface area contributed by atoms with Crippen LogP contribution in [0.2, 0.25) is 5.02 Å². The lowest BCUT2D eigenvalue weighted by molar-refractivity contribution is -0.0927. The molecule has 0 unspecified atom stereocenters. The van der Waals surface area contributed by atoms with E-state index in [9.17, 15) is 18.0 Å². The first-order valence-corrected chi connectivity index (χ1v) is 13.1. The summed E-state index contributed by atoms with van der Waals surface area (Å²) in [5, 5.41) is 7.34. The van der Waals surface area contributed by atoms with E-state index in [0.29, 0.717) is 24.3 Å². The summed E-state index contributed by atoms with van der Waals surface area (Å²) >= 11 is 6.05. The van der Waals surface area contributed by atoms with Crippen molar-refractivity contribution >= 4 is 45.0 Å². The van der Waals surface area contributed by atoms with Crippen LogP contribution >= 0.6 is 11.6 Å². The van der Waals surface area contributed by atoms with E-state index < -0.39 is 15.6 Å². The van der Waals surface area contributed by atoms with Crippen molar-refractivity contribution in [2.24, 2.45) is 5.41 Å². The minimum absolute atomic E-state index is 0.0970. The van der Waals surface area contributed by atoms with Gasteiger partial charge in [0.2, 0.25) is 10.0 Å². The molecule has 2 aliphatic rings. The molecule has 1 aliphatic heterocycles. The molecule has 1 saturated carbocycles. The van der Waals surface area contributed by atoms with E-state index in [1.807, 2.05) is 20.8 Å². The second-order valence-corrected chi connectivity index (χ2v) is 12.3. The largest absolute Gasteiger partial charge is 0.444 e. The maximum Gasteiger partial charge on any atom is 0.410 e. The molecule has 2 heterocycles. The zero-order valence-electron chi connectivity index (χ0n) is 19.5. The molecule has 1 aromatic heterocycles. The van der Waals surface area contributed by atoms with Crippen molar-refractivity contribution in [3.63, 3.8) is 0 Å². The highest BCUT2D eigenvalue weighted by atomic mass is 35.5. The van der Waals surface area contributed by atoms with E-state index >= 15 is 0 Å². The quantitative estimate of drug-likeness (QED) is 0.633. The normalized spacial score (nSPS) is 17.6. The summed E-state index contributed by atoms with van der Waals surface area (Å²) < 4.78 is 32.5. The average Bonchev–Trinajstić information content (AvgIpc) is 3.05. The van der Waals surface area contributed by atoms with Crippen LogP contribution in [-0.2, 0) is 14.8 Å². The van der Waals surface area contributed by atoms with Crippen LogP contribution in [0.15, 0.2) is 30.6 Å². The van der Waals surface area contributed by atoms with Crippen LogP contribution in [0, 0.1) is 5.41 Å². The van der Waals surface area contributed by atoms with Crippen LogP contribution in [-0.4, -0.2) is 60.0 Å². The number of carbonyl (C=O) groups is 2. The molecule has 2 amide bonds. The fraction of sp³-hybridized carbons (Fsp3) is 0.500. The molecular weight excluding hydrogens is 482 g/mol. The van der Waals surface area contributed by atoms with Crippen molar-refractivity contribution in [1.29, 1.82) is 0 Å². The molecule has 1 spiro atoms. The van der Waals surface area contributed by atoms with Gasteiger partial charge in [-0.05, 0) is 51.8 Å². The Morgan fingerprint density at radius 2 is 1.82 bits per heavy atom. The molecule has 10 nitrogen and oxygen atoms in total. The lowest BCUT2D eigenvalue weighted by Gasteiger charge is -2.58. The van der Waals surface area contributed by atoms with Gasteiger partial charge in [-0.2, -0.15) is 5.10 Å². The van der Waals surface area contributed by atoms with Gasteiger partial charge in [0, 0.05) is 35.4 Å². The molecule has 1 aromatic carbocycles. The number of hydrogen-bond acceptors (Lipinski definition) is 6. The predicted molar refractivity (Wildman–Crippen MR) is 129 cm³/mol. The summed E-state index contributed by atoms with van der Waals surface area (Å²) in [6.07, 6.45) is 5.69. The Hall–Kier alpha value is -2.79. The Bertz CT molecular complexity index is 1220. The SMILES string of the molecule is CC(C)(C)OC(=O)N1CC2(CC(n3cc(C(=O)Nc4cc(Cl)cc(NS(C)(=O)=O)c4)cn3)C2)C1. The lowest BCUT2D eigenvalue weighted by atomic mass is 9.61. The number of anilines is 2. The van der Waals surface area contributed by atoms with Gasteiger partial charge in [0.25, 0.3) is 5.91 Å². The molecule has 2 N–H and O–H groups in total. The fourth-order valence-electron chi connectivity index (χ4n) is 4.40. The van der Waals surface area contributed by atoms with Crippen molar-refractivity contribution in [1.82, 2.24) is 14.7 Å². The van der Waals surface area contributed by atoms with Gasteiger partial charge >= 0.3 is 6.09 Å². The van der Waals surface area contributed by atoms with Gasteiger partial charge in [-0.15, -0.1) is 0 Å². The zero-order chi connectivity index (χ0) is 24.9. The van der Waals surface area contributed by atoms with E-state index in [2.05, 4.69) is 15.1 Å². The van der Waals surface area contributed by atoms with Gasteiger partial charge in [-0.25, -0.2) is 13.2 Å². The monoisotopic (exact) mass is 509 g/mol. The second kappa shape index (κ2) is 8.46. The summed E-state index contributed by atoms with van der Waals surface area (Å²) in [4.78, 5) is 26.6. The topological polar surface area (TPSA) is 123 Å². The highest BCUT2D eigenvalue weighted by Gasteiger charge is 2.55. The fourth-order valence-corrected chi connectivity index (χ4v) is 5.18. The number of sulfonamides is 1. The van der Waals surface area contributed by atoms with Crippen LogP contribution in [0.5, 0.6) is 0 Å². The first-order chi connectivity index (χ1) is 15.7. The number of halogens is 1. The minimum atomic E-state index is -3.48. The Kier molecular flexibility index (Phi) is 6.05. The van der Waals surface area contributed by atoms with E-state index in [4.69, 9.17) is 16.3 Å². The van der Waals surface area contributed by atoms with Crippen LogP contribution in [0.3, 0.4) is 0 Å². The highest BCUT2D eigenvalue weighted by molar-refractivity contribution is 7.92. The molecule has 1 saturated heterocycles. The Morgan fingerprint density at radius 3 is 2.44 bits per heavy atom. The summed E-state index contributed by atoms with van der Waals surface area (Å²) in [6, 6.07) is 4.63. The number of likely N-dealkylation sites (tertiary alicyclic amines) is 1. The third kappa shape index (κ3) is 5.64. The van der Waals surface area contributed by atoms with Crippen molar-refractivity contribution < 1.29 is 22.7 Å². The van der Waals surface area contributed by atoms with E-state index in [1.165, 1.54) is 24.4 Å². The Balaban J connectivity index is 1.32. The van der Waals surface area contributed by atoms with Crippen molar-refractivity contribution in [3.05, 3.63) is 41.2 Å². The predicted octanol–water partition coefficient (Wildman–Crippen LogP) is 3.73. The van der Waals surface area contributed by atoms with E-state index in [0.717, 1.165) is 19.1 Å². The number of nitrogens with zero attached hydrogens (tertiary/aromatic N) is 3. The molecule has 4 rings (SSSR count). The number of hydrogen-bond donors (Lipinski definition) is 2. The van der Waals surface area contributed by atoms with Crippen LogP contribution < -0.4 is 10.0 Å². The van der Waals surface area contributed by atoms with Crippen molar-refractivity contribution in [3.8, 4) is 0 Å². The maximum atomic E-state index is 12.7. The highest BCUT2D eigenvalue weighted by Crippen LogP contribution is 2.54. The summed E-state index contributed by atoms with van der Waals surface area (Å²) in [6.45, 7) is 6.90. The minimum Gasteiger partial charge on any atom is -0.444 e. The third-order valence-electron chi connectivity index (χ3n) is 5.74. The molecule has 34 heavy (non-hydrogen) atoms. The molecular formula is C22H28ClN5O5S. The zero-order valence-corrected chi connectivity index (χ0v) is 21.0. The van der Waals surface area contributed by atoms with Gasteiger partial charge < -0.3 is 15.0 Å². The molecule has 2 aromatic rings. The molecule has 184 valence electrons. The Labute approximate surface area is 203 Å². The van der Waals surface area contributed by atoms with Gasteiger partial charge in [0.05, 0.1) is 29.7 Å². The van der Waals surface area contributed by atoms with Gasteiger partial charge in [-0.3, -0.25) is 14.2 Å². The lowest BCUT2D eigenvalue weighted by Crippen LogP contribution is -2.64. The number of ether oxygens (including phenoxy) is 1. The molecule has 12 heteroatoms. The Morgan fingerprint density at radius 1 is 1.18 bits per heavy atom. The molecule has 0 radical (unpaired) electrons. The van der Waals surface area contributed by atoms with Gasteiger partial charge in [0.1, 0.15) is 5.60 Å². The first-order valence-electron chi connectivity index (χ1n) is 10.8. The average molecular weight is 510 g/mol. The van der Waals surface area contributed by atoms with Crippen LogP contribution in [0.1, 0.15) is 50.0 Å². The molecule has 1 aliphatic carbocycles. The number of rotatable bonds is 5. The van der Waals surface area contributed by atoms with E-state index in [-0.39, 0.29) is 34.2 Å². The van der Waals surface area contributed by atoms with Crippen LogP contribution in [0.4, 0.5) is 16.2 Å².